The Morgan fingerprint density at radius 3 is 2.45 bits per heavy atom. The van der Waals surface area contributed by atoms with Crippen LogP contribution in [0.2, 0.25) is 0 Å². The quantitative estimate of drug-likeness (QED) is 0.392. The maximum atomic E-state index is 13.6. The standard InChI is InChI=1S/C25H23FN6O/c1-25(2,33)12-13-32-14-19(20(31-32)16-8-10-18(26)11-9-16)21-22-24(28-15-27-21)30-23(29-22)17-6-4-3-5-7-17/h3-11,14-15,33H,12-13H2,1-2H3,(H,27,28,29,30). The highest BCUT2D eigenvalue weighted by atomic mass is 19.1. The molecule has 0 spiro atoms. The fourth-order valence-electron chi connectivity index (χ4n) is 3.68. The van der Waals surface area contributed by atoms with Gasteiger partial charge in [0.2, 0.25) is 0 Å². The summed E-state index contributed by atoms with van der Waals surface area (Å²) in [6.07, 6.45) is 3.91. The van der Waals surface area contributed by atoms with Gasteiger partial charge in [-0.15, -0.1) is 0 Å². The molecule has 166 valence electrons. The number of hydrogen-bond donors (Lipinski definition) is 2. The Morgan fingerprint density at radius 2 is 1.73 bits per heavy atom. The minimum absolute atomic E-state index is 0.313. The second-order valence-electron chi connectivity index (χ2n) is 8.60. The van der Waals surface area contributed by atoms with Crippen molar-refractivity contribution in [2.45, 2.75) is 32.4 Å². The van der Waals surface area contributed by atoms with Crippen molar-refractivity contribution in [1.29, 1.82) is 0 Å². The van der Waals surface area contributed by atoms with Crippen molar-refractivity contribution in [1.82, 2.24) is 29.7 Å². The van der Waals surface area contributed by atoms with Gasteiger partial charge in [-0.25, -0.2) is 19.3 Å². The zero-order chi connectivity index (χ0) is 23.0. The van der Waals surface area contributed by atoms with Gasteiger partial charge in [0.1, 0.15) is 34.9 Å². The molecule has 0 atom stereocenters. The Bertz CT molecular complexity index is 1400. The molecule has 33 heavy (non-hydrogen) atoms. The molecule has 7 nitrogen and oxygen atoms in total. The molecule has 0 aliphatic heterocycles. The second-order valence-corrected chi connectivity index (χ2v) is 8.60. The summed E-state index contributed by atoms with van der Waals surface area (Å²) in [7, 11) is 0. The van der Waals surface area contributed by atoms with Crippen LogP contribution < -0.4 is 0 Å². The van der Waals surface area contributed by atoms with E-state index >= 15 is 0 Å². The van der Waals surface area contributed by atoms with Crippen LogP contribution in [-0.4, -0.2) is 40.4 Å². The van der Waals surface area contributed by atoms with Gasteiger partial charge >= 0.3 is 0 Å². The fourth-order valence-corrected chi connectivity index (χ4v) is 3.68. The summed E-state index contributed by atoms with van der Waals surface area (Å²) < 4.78 is 15.4. The predicted molar refractivity (Wildman–Crippen MR) is 125 cm³/mol. The zero-order valence-electron chi connectivity index (χ0n) is 18.3. The van der Waals surface area contributed by atoms with Gasteiger partial charge in [0.15, 0.2) is 5.65 Å². The minimum Gasteiger partial charge on any atom is -0.390 e. The molecule has 0 saturated carbocycles. The van der Waals surface area contributed by atoms with Crippen molar-refractivity contribution in [3.63, 3.8) is 0 Å². The summed E-state index contributed by atoms with van der Waals surface area (Å²) in [6.45, 7) is 4.05. The lowest BCUT2D eigenvalue weighted by Crippen LogP contribution is -2.21. The zero-order valence-corrected chi connectivity index (χ0v) is 18.3. The number of rotatable bonds is 6. The van der Waals surface area contributed by atoms with E-state index in [-0.39, 0.29) is 5.82 Å². The molecule has 0 saturated heterocycles. The SMILES string of the molecule is CC(C)(O)CCn1cc(-c2ncnc3nc(-c4ccccc4)[nH]c23)c(-c2ccc(F)cc2)n1. The number of fused-ring (bicyclic) bond motifs is 1. The van der Waals surface area contributed by atoms with E-state index in [1.807, 2.05) is 36.5 Å². The molecule has 5 aromatic rings. The van der Waals surface area contributed by atoms with E-state index in [0.717, 1.165) is 16.7 Å². The van der Waals surface area contributed by atoms with Crippen LogP contribution in [0.15, 0.2) is 67.1 Å². The number of aromatic amines is 1. The Hall–Kier alpha value is -3.91. The maximum Gasteiger partial charge on any atom is 0.181 e. The number of benzene rings is 2. The van der Waals surface area contributed by atoms with Gasteiger partial charge < -0.3 is 10.1 Å². The second kappa shape index (κ2) is 8.22. The highest BCUT2D eigenvalue weighted by molar-refractivity contribution is 5.93. The fraction of sp³-hybridized carbons (Fsp3) is 0.200. The topological polar surface area (TPSA) is 92.5 Å². The van der Waals surface area contributed by atoms with Gasteiger partial charge in [0, 0.05) is 29.4 Å². The van der Waals surface area contributed by atoms with Gasteiger partial charge in [-0.3, -0.25) is 4.68 Å². The average Bonchev–Trinajstić information content (AvgIpc) is 3.43. The molecule has 0 radical (unpaired) electrons. The molecule has 0 unspecified atom stereocenters. The van der Waals surface area contributed by atoms with E-state index in [1.165, 1.54) is 18.5 Å². The number of H-pyrrole nitrogens is 1. The molecule has 0 bridgehead atoms. The van der Waals surface area contributed by atoms with Crippen molar-refractivity contribution in [3.8, 4) is 33.9 Å². The van der Waals surface area contributed by atoms with Gasteiger partial charge in [-0.05, 0) is 44.5 Å². The monoisotopic (exact) mass is 442 g/mol. The van der Waals surface area contributed by atoms with E-state index in [2.05, 4.69) is 19.9 Å². The molecule has 0 aliphatic rings. The van der Waals surface area contributed by atoms with Crippen LogP contribution in [0.3, 0.4) is 0 Å². The third kappa shape index (κ3) is 4.38. The summed E-state index contributed by atoms with van der Waals surface area (Å²) in [4.78, 5) is 16.9. The number of aryl methyl sites for hydroxylation is 1. The first-order chi connectivity index (χ1) is 15.9. The van der Waals surface area contributed by atoms with Crippen LogP contribution in [0, 0.1) is 5.82 Å². The van der Waals surface area contributed by atoms with Crippen molar-refractivity contribution in [3.05, 3.63) is 72.9 Å². The van der Waals surface area contributed by atoms with Crippen LogP contribution >= 0.6 is 0 Å². The number of imidazole rings is 1. The number of aromatic nitrogens is 6. The number of hydrogen-bond acceptors (Lipinski definition) is 5. The third-order valence-corrected chi connectivity index (χ3v) is 5.42. The Balaban J connectivity index is 1.65. The van der Waals surface area contributed by atoms with E-state index < -0.39 is 5.60 Å². The van der Waals surface area contributed by atoms with Crippen molar-refractivity contribution >= 4 is 11.2 Å². The maximum absolute atomic E-state index is 13.6. The lowest BCUT2D eigenvalue weighted by Gasteiger charge is -2.16. The molecule has 3 aromatic heterocycles. The molecule has 2 N–H and O–H groups in total. The van der Waals surface area contributed by atoms with Crippen molar-refractivity contribution in [2.24, 2.45) is 0 Å². The van der Waals surface area contributed by atoms with Gasteiger partial charge in [-0.1, -0.05) is 30.3 Å². The molecule has 0 amide bonds. The predicted octanol–water partition coefficient (Wildman–Crippen LogP) is 4.85. The smallest absolute Gasteiger partial charge is 0.181 e. The first kappa shape index (κ1) is 21.0. The highest BCUT2D eigenvalue weighted by Gasteiger charge is 2.20. The molecule has 0 aliphatic carbocycles. The Morgan fingerprint density at radius 1 is 0.970 bits per heavy atom. The van der Waals surface area contributed by atoms with Crippen LogP contribution in [-0.2, 0) is 6.54 Å². The van der Waals surface area contributed by atoms with Crippen LogP contribution in [0.25, 0.3) is 45.1 Å². The summed E-state index contributed by atoms with van der Waals surface area (Å²) in [6, 6.07) is 16.0. The molecule has 5 rings (SSSR count). The summed E-state index contributed by atoms with van der Waals surface area (Å²) in [5.74, 6) is 0.386. The normalized spacial score (nSPS) is 11.9. The molecule has 0 fully saturated rings. The van der Waals surface area contributed by atoms with Crippen LogP contribution in [0.5, 0.6) is 0 Å². The van der Waals surface area contributed by atoms with Crippen molar-refractivity contribution in [2.75, 3.05) is 0 Å². The molecular weight excluding hydrogens is 419 g/mol. The minimum atomic E-state index is -0.821. The molecule has 8 heteroatoms. The molecular formula is C25H23FN6O. The Labute approximate surface area is 190 Å². The first-order valence-corrected chi connectivity index (χ1v) is 10.7. The van der Waals surface area contributed by atoms with Gasteiger partial charge in [-0.2, -0.15) is 5.10 Å². The summed E-state index contributed by atoms with van der Waals surface area (Å²) >= 11 is 0. The van der Waals surface area contributed by atoms with Gasteiger partial charge in [0.25, 0.3) is 0 Å². The number of halogens is 1. The first-order valence-electron chi connectivity index (χ1n) is 10.7. The van der Waals surface area contributed by atoms with E-state index in [9.17, 15) is 9.50 Å². The van der Waals surface area contributed by atoms with Gasteiger partial charge in [0.05, 0.1) is 5.60 Å². The highest BCUT2D eigenvalue weighted by Crippen LogP contribution is 2.34. The molecule has 2 aromatic carbocycles. The number of nitrogens with zero attached hydrogens (tertiary/aromatic N) is 5. The molecule has 3 heterocycles. The van der Waals surface area contributed by atoms with Crippen molar-refractivity contribution < 1.29 is 9.50 Å². The number of nitrogens with one attached hydrogen (secondary N) is 1. The van der Waals surface area contributed by atoms with Crippen LogP contribution in [0.1, 0.15) is 20.3 Å². The average molecular weight is 442 g/mol. The van der Waals surface area contributed by atoms with Crippen LogP contribution in [0.4, 0.5) is 4.39 Å². The van der Waals surface area contributed by atoms with E-state index in [4.69, 9.17) is 5.10 Å². The summed E-state index contributed by atoms with van der Waals surface area (Å²) in [5.41, 5.74) is 4.23. The summed E-state index contributed by atoms with van der Waals surface area (Å²) in [5, 5.41) is 14.9. The third-order valence-electron chi connectivity index (χ3n) is 5.42. The number of aliphatic hydroxyl groups is 1. The largest absolute Gasteiger partial charge is 0.390 e. The Kier molecular flexibility index (Phi) is 5.22. The van der Waals surface area contributed by atoms with E-state index in [0.29, 0.717) is 41.3 Å². The lowest BCUT2D eigenvalue weighted by atomic mass is 10.1. The lowest BCUT2D eigenvalue weighted by molar-refractivity contribution is 0.0651. The van der Waals surface area contributed by atoms with E-state index in [1.54, 1.807) is 30.7 Å².